The van der Waals surface area contributed by atoms with Gasteiger partial charge in [0.1, 0.15) is 16.5 Å². The number of amides is 1. The molecule has 0 radical (unpaired) electrons. The molecule has 1 N–H and O–H groups in total. The standard InChI is InChI=1S/C22H27FN2O5S/c1-17-5-4-6-19(15-17)30-12-3-2-7-22(26)24-18-8-9-20(23)21(16-18)31(27,28)25-10-13-29-14-11-25/h4-6,8-9,15-16H,2-3,7,10-14H2,1H3,(H,24,26). The Morgan fingerprint density at radius 1 is 1.16 bits per heavy atom. The first kappa shape index (κ1) is 23.2. The molecule has 0 unspecified atom stereocenters. The Kier molecular flexibility index (Phi) is 8.00. The third-order valence-corrected chi connectivity index (χ3v) is 6.77. The van der Waals surface area contributed by atoms with Gasteiger partial charge >= 0.3 is 0 Å². The molecule has 1 amide bonds. The maximum atomic E-state index is 14.2. The highest BCUT2D eigenvalue weighted by Crippen LogP contribution is 2.24. The molecule has 1 saturated heterocycles. The van der Waals surface area contributed by atoms with Gasteiger partial charge in [-0.15, -0.1) is 0 Å². The largest absolute Gasteiger partial charge is 0.494 e. The fraction of sp³-hybridized carbons (Fsp3) is 0.409. The first-order valence-electron chi connectivity index (χ1n) is 10.2. The lowest BCUT2D eigenvalue weighted by Gasteiger charge is -2.26. The van der Waals surface area contributed by atoms with Gasteiger partial charge in [-0.2, -0.15) is 4.31 Å². The highest BCUT2D eigenvalue weighted by Gasteiger charge is 2.29. The molecule has 1 aliphatic rings. The molecule has 31 heavy (non-hydrogen) atoms. The maximum Gasteiger partial charge on any atom is 0.246 e. The minimum absolute atomic E-state index is 0.170. The Bertz CT molecular complexity index is 1010. The number of hydrogen-bond donors (Lipinski definition) is 1. The van der Waals surface area contributed by atoms with Gasteiger partial charge in [-0.1, -0.05) is 12.1 Å². The zero-order chi connectivity index (χ0) is 22.3. The summed E-state index contributed by atoms with van der Waals surface area (Å²) in [5.41, 5.74) is 1.36. The van der Waals surface area contributed by atoms with Crippen LogP contribution in [0.3, 0.4) is 0 Å². The minimum Gasteiger partial charge on any atom is -0.494 e. The summed E-state index contributed by atoms with van der Waals surface area (Å²) in [4.78, 5) is 11.8. The number of anilines is 1. The van der Waals surface area contributed by atoms with E-state index in [-0.39, 0.29) is 44.3 Å². The summed E-state index contributed by atoms with van der Waals surface area (Å²) in [6.45, 7) is 3.36. The molecule has 0 saturated carbocycles. The highest BCUT2D eigenvalue weighted by atomic mass is 32.2. The number of morpholine rings is 1. The lowest BCUT2D eigenvalue weighted by Crippen LogP contribution is -2.40. The second kappa shape index (κ2) is 10.7. The molecule has 0 spiro atoms. The molecule has 168 valence electrons. The summed E-state index contributed by atoms with van der Waals surface area (Å²) in [6.07, 6.45) is 1.55. The maximum absolute atomic E-state index is 14.2. The van der Waals surface area contributed by atoms with Gasteiger partial charge in [0.05, 0.1) is 19.8 Å². The summed E-state index contributed by atoms with van der Waals surface area (Å²) in [7, 11) is -3.99. The third-order valence-electron chi connectivity index (χ3n) is 4.86. The molecule has 2 aromatic carbocycles. The lowest BCUT2D eigenvalue weighted by atomic mass is 10.2. The van der Waals surface area contributed by atoms with Crippen molar-refractivity contribution in [3.63, 3.8) is 0 Å². The summed E-state index contributed by atoms with van der Waals surface area (Å²) < 4.78 is 51.7. The number of nitrogens with one attached hydrogen (secondary N) is 1. The van der Waals surface area contributed by atoms with E-state index in [0.717, 1.165) is 17.4 Å². The van der Waals surface area contributed by atoms with Gasteiger partial charge in [0.25, 0.3) is 0 Å². The average Bonchev–Trinajstić information content (AvgIpc) is 2.75. The summed E-state index contributed by atoms with van der Waals surface area (Å²) >= 11 is 0. The van der Waals surface area contributed by atoms with Crippen molar-refractivity contribution >= 4 is 21.6 Å². The van der Waals surface area contributed by atoms with Gasteiger partial charge in [0, 0.05) is 25.2 Å². The van der Waals surface area contributed by atoms with Crippen LogP contribution in [0.2, 0.25) is 0 Å². The van der Waals surface area contributed by atoms with E-state index in [4.69, 9.17) is 9.47 Å². The van der Waals surface area contributed by atoms with Crippen LogP contribution in [0.15, 0.2) is 47.4 Å². The summed E-state index contributed by atoms with van der Waals surface area (Å²) in [6, 6.07) is 11.3. The van der Waals surface area contributed by atoms with Crippen LogP contribution in [-0.2, 0) is 19.6 Å². The molecule has 1 fully saturated rings. The molecule has 1 aliphatic heterocycles. The van der Waals surface area contributed by atoms with Crippen LogP contribution in [0, 0.1) is 12.7 Å². The Labute approximate surface area is 182 Å². The number of sulfonamides is 1. The topological polar surface area (TPSA) is 84.9 Å². The van der Waals surface area contributed by atoms with Gasteiger partial charge in [-0.25, -0.2) is 12.8 Å². The second-order valence-corrected chi connectivity index (χ2v) is 9.24. The molecule has 7 nitrogen and oxygen atoms in total. The van der Waals surface area contributed by atoms with Gasteiger partial charge in [0.15, 0.2) is 0 Å². The van der Waals surface area contributed by atoms with Crippen molar-refractivity contribution in [2.24, 2.45) is 0 Å². The molecule has 2 aromatic rings. The number of halogens is 1. The summed E-state index contributed by atoms with van der Waals surface area (Å²) in [5.74, 6) is -0.320. The number of unbranched alkanes of at least 4 members (excludes halogenated alkanes) is 1. The number of nitrogens with zero attached hydrogens (tertiary/aromatic N) is 1. The third kappa shape index (κ3) is 6.49. The number of benzene rings is 2. The normalized spacial score (nSPS) is 14.9. The van der Waals surface area contributed by atoms with E-state index in [2.05, 4.69) is 5.32 Å². The predicted octanol–water partition coefficient (Wildman–Crippen LogP) is 3.34. The Balaban J connectivity index is 1.50. The average molecular weight is 451 g/mol. The van der Waals surface area contributed by atoms with Crippen LogP contribution < -0.4 is 10.1 Å². The molecule has 0 bridgehead atoms. The van der Waals surface area contributed by atoms with E-state index in [1.54, 1.807) is 0 Å². The number of ether oxygens (including phenoxy) is 2. The first-order chi connectivity index (χ1) is 14.9. The smallest absolute Gasteiger partial charge is 0.246 e. The number of aryl methyl sites for hydroxylation is 1. The van der Waals surface area contributed by atoms with Crippen molar-refractivity contribution in [2.45, 2.75) is 31.1 Å². The molecule has 3 rings (SSSR count). The SMILES string of the molecule is Cc1cccc(OCCCCC(=O)Nc2ccc(F)c(S(=O)(=O)N3CCOCC3)c2)c1. The van der Waals surface area contributed by atoms with E-state index >= 15 is 0 Å². The van der Waals surface area contributed by atoms with Crippen LogP contribution in [-0.4, -0.2) is 51.5 Å². The van der Waals surface area contributed by atoms with E-state index in [1.165, 1.54) is 16.4 Å². The van der Waals surface area contributed by atoms with Crippen LogP contribution in [0.25, 0.3) is 0 Å². The zero-order valence-corrected chi connectivity index (χ0v) is 18.3. The van der Waals surface area contributed by atoms with Crippen molar-refractivity contribution in [2.75, 3.05) is 38.2 Å². The van der Waals surface area contributed by atoms with Gasteiger partial charge in [-0.05, 0) is 55.7 Å². The Morgan fingerprint density at radius 3 is 2.68 bits per heavy atom. The van der Waals surface area contributed by atoms with Crippen LogP contribution in [0.5, 0.6) is 5.75 Å². The van der Waals surface area contributed by atoms with Crippen molar-refractivity contribution in [1.82, 2.24) is 4.31 Å². The van der Waals surface area contributed by atoms with Crippen molar-refractivity contribution in [1.29, 1.82) is 0 Å². The first-order valence-corrected chi connectivity index (χ1v) is 11.7. The quantitative estimate of drug-likeness (QED) is 0.593. The number of hydrogen-bond acceptors (Lipinski definition) is 5. The summed E-state index contributed by atoms with van der Waals surface area (Å²) in [5, 5.41) is 2.65. The van der Waals surface area contributed by atoms with Gasteiger partial charge in [0.2, 0.25) is 15.9 Å². The molecular weight excluding hydrogens is 423 g/mol. The fourth-order valence-corrected chi connectivity index (χ4v) is 4.71. The van der Waals surface area contributed by atoms with Crippen molar-refractivity contribution in [3.8, 4) is 5.75 Å². The minimum atomic E-state index is -3.99. The number of carbonyl (C=O) groups excluding carboxylic acids is 1. The Morgan fingerprint density at radius 2 is 1.94 bits per heavy atom. The zero-order valence-electron chi connectivity index (χ0n) is 17.5. The van der Waals surface area contributed by atoms with Crippen LogP contribution in [0.4, 0.5) is 10.1 Å². The Hall–Kier alpha value is -2.49. The second-order valence-electron chi connectivity index (χ2n) is 7.33. The molecular formula is C22H27FN2O5S. The van der Waals surface area contributed by atoms with E-state index < -0.39 is 20.7 Å². The fourth-order valence-electron chi connectivity index (χ4n) is 3.21. The number of carbonyl (C=O) groups is 1. The predicted molar refractivity (Wildman–Crippen MR) is 115 cm³/mol. The molecule has 0 aliphatic carbocycles. The van der Waals surface area contributed by atoms with Gasteiger partial charge in [-0.3, -0.25) is 4.79 Å². The van der Waals surface area contributed by atoms with Crippen molar-refractivity contribution in [3.05, 3.63) is 53.8 Å². The lowest BCUT2D eigenvalue weighted by molar-refractivity contribution is -0.116. The molecule has 0 atom stereocenters. The van der Waals surface area contributed by atoms with Gasteiger partial charge < -0.3 is 14.8 Å². The molecule has 0 aromatic heterocycles. The van der Waals surface area contributed by atoms with Crippen molar-refractivity contribution < 1.29 is 27.1 Å². The van der Waals surface area contributed by atoms with E-state index in [0.29, 0.717) is 19.4 Å². The van der Waals surface area contributed by atoms with E-state index in [9.17, 15) is 17.6 Å². The monoisotopic (exact) mass is 450 g/mol. The highest BCUT2D eigenvalue weighted by molar-refractivity contribution is 7.89. The molecule has 9 heteroatoms. The van der Waals surface area contributed by atoms with Crippen LogP contribution in [0.1, 0.15) is 24.8 Å². The van der Waals surface area contributed by atoms with E-state index in [1.807, 2.05) is 31.2 Å². The van der Waals surface area contributed by atoms with Crippen LogP contribution >= 0.6 is 0 Å². The number of rotatable bonds is 9. The molecule has 1 heterocycles.